The van der Waals surface area contributed by atoms with Crippen molar-refractivity contribution >= 4 is 0 Å². The fraction of sp³-hybridized carbons (Fsp3) is 0.556. The van der Waals surface area contributed by atoms with Crippen LogP contribution in [-0.2, 0) is 11.8 Å². The molecule has 1 aromatic carbocycles. The molecular formula is C18H26. The minimum Gasteiger partial charge on any atom is -0.103 e. The van der Waals surface area contributed by atoms with Crippen LogP contribution in [0.2, 0.25) is 0 Å². The van der Waals surface area contributed by atoms with Crippen LogP contribution in [-0.4, -0.2) is 0 Å². The number of hydrogen-bond acceptors (Lipinski definition) is 0. The molecule has 0 aromatic heterocycles. The van der Waals surface area contributed by atoms with E-state index in [1.54, 1.807) is 0 Å². The molecule has 0 aliphatic rings. The van der Waals surface area contributed by atoms with E-state index < -0.39 is 0 Å². The normalized spacial score (nSPS) is 12.8. The Bertz CT molecular complexity index is 449. The summed E-state index contributed by atoms with van der Waals surface area (Å²) >= 11 is 0. The lowest BCUT2D eigenvalue weighted by Gasteiger charge is -2.21. The van der Waals surface area contributed by atoms with Gasteiger partial charge in [-0.1, -0.05) is 58.7 Å². The summed E-state index contributed by atoms with van der Waals surface area (Å²) in [6.07, 6.45) is 2.01. The topological polar surface area (TPSA) is 0 Å². The molecule has 0 nitrogen and oxygen atoms in total. The Morgan fingerprint density at radius 2 is 1.89 bits per heavy atom. The van der Waals surface area contributed by atoms with E-state index in [0.29, 0.717) is 5.92 Å². The monoisotopic (exact) mass is 242 g/mol. The van der Waals surface area contributed by atoms with E-state index in [1.807, 2.05) is 0 Å². The summed E-state index contributed by atoms with van der Waals surface area (Å²) in [4.78, 5) is 0. The molecule has 0 aliphatic heterocycles. The minimum atomic E-state index is 0.223. The van der Waals surface area contributed by atoms with Crippen molar-refractivity contribution in [3.8, 4) is 11.8 Å². The van der Waals surface area contributed by atoms with Gasteiger partial charge in [0.2, 0.25) is 0 Å². The van der Waals surface area contributed by atoms with Gasteiger partial charge in [0, 0.05) is 12.3 Å². The average Bonchev–Trinajstić information content (AvgIpc) is 2.28. The molecule has 0 heterocycles. The number of benzene rings is 1. The van der Waals surface area contributed by atoms with Crippen LogP contribution in [0.5, 0.6) is 0 Å². The molecule has 0 aliphatic carbocycles. The van der Waals surface area contributed by atoms with Crippen LogP contribution in [0.25, 0.3) is 0 Å². The standard InChI is InChI=1S/C18H26/c1-7-8-9-14(2)12-16-13-17(18(4,5)6)11-10-15(16)3/h10-11,13-14H,7,12H2,1-6H3. The smallest absolute Gasteiger partial charge is 0.0215 e. The van der Waals surface area contributed by atoms with Crippen LogP contribution in [0, 0.1) is 24.7 Å². The maximum absolute atomic E-state index is 3.32. The van der Waals surface area contributed by atoms with Gasteiger partial charge in [-0.25, -0.2) is 0 Å². The van der Waals surface area contributed by atoms with Gasteiger partial charge in [0.05, 0.1) is 0 Å². The molecule has 0 radical (unpaired) electrons. The van der Waals surface area contributed by atoms with Crippen LogP contribution in [0.1, 0.15) is 57.7 Å². The highest BCUT2D eigenvalue weighted by atomic mass is 14.2. The minimum absolute atomic E-state index is 0.223. The lowest BCUT2D eigenvalue weighted by atomic mass is 9.84. The molecule has 0 amide bonds. The highest BCUT2D eigenvalue weighted by molar-refractivity contribution is 5.35. The third-order valence-electron chi connectivity index (χ3n) is 3.27. The molecule has 0 spiro atoms. The first kappa shape index (κ1) is 14.8. The second-order valence-corrected chi connectivity index (χ2v) is 6.17. The van der Waals surface area contributed by atoms with Crippen molar-refractivity contribution in [2.24, 2.45) is 5.92 Å². The van der Waals surface area contributed by atoms with E-state index in [0.717, 1.165) is 12.8 Å². The van der Waals surface area contributed by atoms with Crippen LogP contribution < -0.4 is 0 Å². The largest absolute Gasteiger partial charge is 0.103 e. The van der Waals surface area contributed by atoms with Crippen molar-refractivity contribution in [2.45, 2.75) is 59.8 Å². The second-order valence-electron chi connectivity index (χ2n) is 6.17. The molecule has 1 unspecified atom stereocenters. The Hall–Kier alpha value is -1.22. The van der Waals surface area contributed by atoms with Crippen LogP contribution in [0.15, 0.2) is 18.2 Å². The van der Waals surface area contributed by atoms with Gasteiger partial charge < -0.3 is 0 Å². The van der Waals surface area contributed by atoms with E-state index in [2.05, 4.69) is 71.6 Å². The van der Waals surface area contributed by atoms with E-state index in [1.165, 1.54) is 16.7 Å². The van der Waals surface area contributed by atoms with Gasteiger partial charge in [-0.2, -0.15) is 0 Å². The van der Waals surface area contributed by atoms with Crippen LogP contribution >= 0.6 is 0 Å². The molecule has 1 atom stereocenters. The van der Waals surface area contributed by atoms with Gasteiger partial charge in [-0.15, -0.1) is 5.92 Å². The molecule has 1 aromatic rings. The fourth-order valence-electron chi connectivity index (χ4n) is 2.02. The Morgan fingerprint density at radius 1 is 1.22 bits per heavy atom. The summed E-state index contributed by atoms with van der Waals surface area (Å²) in [6.45, 7) is 13.3. The SMILES string of the molecule is CCC#CC(C)Cc1cc(C(C)(C)C)ccc1C. The van der Waals surface area contributed by atoms with Crippen molar-refractivity contribution in [3.05, 3.63) is 34.9 Å². The maximum atomic E-state index is 3.32. The molecule has 18 heavy (non-hydrogen) atoms. The molecular weight excluding hydrogens is 216 g/mol. The summed E-state index contributed by atoms with van der Waals surface area (Å²) < 4.78 is 0. The van der Waals surface area contributed by atoms with Crippen molar-refractivity contribution in [2.75, 3.05) is 0 Å². The van der Waals surface area contributed by atoms with Crippen molar-refractivity contribution in [1.82, 2.24) is 0 Å². The Labute approximate surface area is 113 Å². The average molecular weight is 242 g/mol. The van der Waals surface area contributed by atoms with Gasteiger partial charge in [-0.05, 0) is 35.4 Å². The number of aryl methyl sites for hydroxylation is 1. The summed E-state index contributed by atoms with van der Waals surface area (Å²) in [5, 5.41) is 0. The summed E-state index contributed by atoms with van der Waals surface area (Å²) in [6, 6.07) is 6.86. The summed E-state index contributed by atoms with van der Waals surface area (Å²) in [5.41, 5.74) is 4.47. The number of hydrogen-bond donors (Lipinski definition) is 0. The molecule has 0 bridgehead atoms. The fourth-order valence-corrected chi connectivity index (χ4v) is 2.02. The molecule has 0 N–H and O–H groups in total. The Morgan fingerprint density at radius 3 is 2.44 bits per heavy atom. The van der Waals surface area contributed by atoms with E-state index >= 15 is 0 Å². The highest BCUT2D eigenvalue weighted by Crippen LogP contribution is 2.25. The van der Waals surface area contributed by atoms with Gasteiger partial charge in [0.1, 0.15) is 0 Å². The molecule has 0 saturated heterocycles. The Kier molecular flexibility index (Phi) is 5.03. The first-order chi connectivity index (χ1) is 8.34. The quantitative estimate of drug-likeness (QED) is 0.648. The van der Waals surface area contributed by atoms with E-state index in [-0.39, 0.29) is 5.41 Å². The van der Waals surface area contributed by atoms with Gasteiger partial charge in [0.25, 0.3) is 0 Å². The molecule has 0 heteroatoms. The predicted octanol–water partition coefficient (Wildman–Crippen LogP) is 4.88. The molecule has 1 rings (SSSR count). The van der Waals surface area contributed by atoms with Crippen molar-refractivity contribution in [3.63, 3.8) is 0 Å². The Balaban J connectivity index is 2.95. The highest BCUT2D eigenvalue weighted by Gasteiger charge is 2.15. The van der Waals surface area contributed by atoms with Crippen molar-refractivity contribution in [1.29, 1.82) is 0 Å². The molecule has 0 fully saturated rings. The summed E-state index contributed by atoms with van der Waals surface area (Å²) in [5.74, 6) is 6.94. The number of rotatable bonds is 2. The predicted molar refractivity (Wildman–Crippen MR) is 80.8 cm³/mol. The molecule has 0 saturated carbocycles. The third-order valence-corrected chi connectivity index (χ3v) is 3.27. The van der Waals surface area contributed by atoms with Gasteiger partial charge >= 0.3 is 0 Å². The van der Waals surface area contributed by atoms with Crippen molar-refractivity contribution < 1.29 is 0 Å². The van der Waals surface area contributed by atoms with Crippen LogP contribution in [0.3, 0.4) is 0 Å². The zero-order valence-electron chi connectivity index (χ0n) is 12.7. The molecule has 98 valence electrons. The zero-order valence-corrected chi connectivity index (χ0v) is 12.7. The first-order valence-electron chi connectivity index (χ1n) is 6.93. The van der Waals surface area contributed by atoms with Crippen LogP contribution in [0.4, 0.5) is 0 Å². The van der Waals surface area contributed by atoms with Gasteiger partial charge in [-0.3, -0.25) is 0 Å². The first-order valence-corrected chi connectivity index (χ1v) is 6.93. The zero-order chi connectivity index (χ0) is 13.8. The third kappa shape index (κ3) is 4.22. The maximum Gasteiger partial charge on any atom is 0.0215 e. The van der Waals surface area contributed by atoms with E-state index in [4.69, 9.17) is 0 Å². The summed E-state index contributed by atoms with van der Waals surface area (Å²) in [7, 11) is 0. The van der Waals surface area contributed by atoms with Gasteiger partial charge in [0.15, 0.2) is 0 Å². The lowest BCUT2D eigenvalue weighted by Crippen LogP contribution is -2.12. The second kappa shape index (κ2) is 6.10. The van der Waals surface area contributed by atoms with E-state index in [9.17, 15) is 0 Å². The lowest BCUT2D eigenvalue weighted by molar-refractivity contribution is 0.588.